The van der Waals surface area contributed by atoms with Crippen molar-refractivity contribution in [3.05, 3.63) is 23.7 Å². The average Bonchev–Trinajstić information content (AvgIpc) is 2.87. The standard InChI is InChI=1S/C12H18N2O3/c13-7-10-1-2-11(17-10)12(16)14-5-3-9(8-15)4-6-14/h1-2,9,15H,3-8,13H2. The molecule has 2 rings (SSSR count). The molecule has 5 nitrogen and oxygen atoms in total. The zero-order valence-corrected chi connectivity index (χ0v) is 9.76. The predicted molar refractivity (Wildman–Crippen MR) is 62.3 cm³/mol. The fraction of sp³-hybridized carbons (Fsp3) is 0.583. The van der Waals surface area contributed by atoms with Crippen molar-refractivity contribution >= 4 is 5.91 Å². The van der Waals surface area contributed by atoms with Crippen molar-refractivity contribution in [3.8, 4) is 0 Å². The van der Waals surface area contributed by atoms with Crippen molar-refractivity contribution in [1.29, 1.82) is 0 Å². The van der Waals surface area contributed by atoms with E-state index >= 15 is 0 Å². The Morgan fingerprint density at radius 2 is 2.18 bits per heavy atom. The van der Waals surface area contributed by atoms with E-state index < -0.39 is 0 Å². The summed E-state index contributed by atoms with van der Waals surface area (Å²) in [6.45, 7) is 1.88. The van der Waals surface area contributed by atoms with Gasteiger partial charge in [0.25, 0.3) is 5.91 Å². The zero-order valence-electron chi connectivity index (χ0n) is 9.76. The lowest BCUT2D eigenvalue weighted by Gasteiger charge is -2.30. The number of hydrogen-bond acceptors (Lipinski definition) is 4. The van der Waals surface area contributed by atoms with Crippen LogP contribution in [0.5, 0.6) is 0 Å². The lowest BCUT2D eigenvalue weighted by atomic mass is 9.98. The second kappa shape index (κ2) is 5.33. The van der Waals surface area contributed by atoms with Gasteiger partial charge in [0.1, 0.15) is 5.76 Å². The van der Waals surface area contributed by atoms with Crippen LogP contribution in [-0.2, 0) is 6.54 Å². The van der Waals surface area contributed by atoms with Crippen molar-refractivity contribution in [3.63, 3.8) is 0 Å². The van der Waals surface area contributed by atoms with Crippen molar-refractivity contribution < 1.29 is 14.3 Å². The van der Waals surface area contributed by atoms with Crippen LogP contribution >= 0.6 is 0 Å². The topological polar surface area (TPSA) is 79.7 Å². The number of furan rings is 1. The van der Waals surface area contributed by atoms with Crippen LogP contribution in [0.4, 0.5) is 0 Å². The van der Waals surface area contributed by atoms with Crippen molar-refractivity contribution in [2.75, 3.05) is 19.7 Å². The van der Waals surface area contributed by atoms with E-state index in [2.05, 4.69) is 0 Å². The molecule has 5 heteroatoms. The maximum absolute atomic E-state index is 12.1. The molecule has 3 N–H and O–H groups in total. The van der Waals surface area contributed by atoms with E-state index in [4.69, 9.17) is 15.3 Å². The number of nitrogens with two attached hydrogens (primary N) is 1. The lowest BCUT2D eigenvalue weighted by molar-refractivity contribution is 0.0618. The minimum absolute atomic E-state index is 0.0823. The molecule has 1 aliphatic heterocycles. The molecule has 0 radical (unpaired) electrons. The Labute approximate surface area is 100 Å². The van der Waals surface area contributed by atoms with Crippen LogP contribution in [0.2, 0.25) is 0 Å². The molecular formula is C12H18N2O3. The minimum atomic E-state index is -0.0823. The first-order valence-electron chi connectivity index (χ1n) is 5.93. The van der Waals surface area contributed by atoms with E-state index in [0.29, 0.717) is 37.1 Å². The highest BCUT2D eigenvalue weighted by atomic mass is 16.4. The summed E-state index contributed by atoms with van der Waals surface area (Å²) in [6.07, 6.45) is 1.71. The minimum Gasteiger partial charge on any atom is -0.455 e. The number of aliphatic hydroxyl groups excluding tert-OH is 1. The first kappa shape index (κ1) is 12.1. The Kier molecular flexibility index (Phi) is 3.81. The highest BCUT2D eigenvalue weighted by Gasteiger charge is 2.24. The van der Waals surface area contributed by atoms with Crippen LogP contribution in [-0.4, -0.2) is 35.6 Å². The summed E-state index contributed by atoms with van der Waals surface area (Å²) in [6, 6.07) is 3.40. The number of carbonyl (C=O) groups excluding carboxylic acids is 1. The lowest BCUT2D eigenvalue weighted by Crippen LogP contribution is -2.39. The van der Waals surface area contributed by atoms with Gasteiger partial charge in [-0.2, -0.15) is 0 Å². The largest absolute Gasteiger partial charge is 0.455 e. The number of rotatable bonds is 3. The van der Waals surface area contributed by atoms with Gasteiger partial charge in [0.2, 0.25) is 0 Å². The molecule has 94 valence electrons. The number of likely N-dealkylation sites (tertiary alicyclic amines) is 1. The van der Waals surface area contributed by atoms with Crippen LogP contribution in [0, 0.1) is 5.92 Å². The van der Waals surface area contributed by atoms with E-state index in [1.54, 1.807) is 17.0 Å². The molecule has 1 saturated heterocycles. The average molecular weight is 238 g/mol. The number of hydrogen-bond donors (Lipinski definition) is 2. The van der Waals surface area contributed by atoms with E-state index in [1.165, 1.54) is 0 Å². The molecular weight excluding hydrogens is 220 g/mol. The summed E-state index contributed by atoms with van der Waals surface area (Å²) >= 11 is 0. The monoisotopic (exact) mass is 238 g/mol. The van der Waals surface area contributed by atoms with Crippen molar-refractivity contribution in [1.82, 2.24) is 4.90 Å². The SMILES string of the molecule is NCc1ccc(C(=O)N2CCC(CO)CC2)o1. The molecule has 0 saturated carbocycles. The maximum Gasteiger partial charge on any atom is 0.289 e. The molecule has 0 unspecified atom stereocenters. The van der Waals surface area contributed by atoms with Crippen LogP contribution in [0.1, 0.15) is 29.2 Å². The Balaban J connectivity index is 1.96. The van der Waals surface area contributed by atoms with E-state index in [-0.39, 0.29) is 12.5 Å². The molecule has 0 atom stereocenters. The number of aliphatic hydroxyl groups is 1. The van der Waals surface area contributed by atoms with Gasteiger partial charge in [-0.1, -0.05) is 0 Å². The zero-order chi connectivity index (χ0) is 12.3. The Bertz CT molecular complexity index is 381. The van der Waals surface area contributed by atoms with Crippen LogP contribution < -0.4 is 5.73 Å². The Morgan fingerprint density at radius 3 is 2.71 bits per heavy atom. The molecule has 1 aromatic heterocycles. The number of carbonyl (C=O) groups is 1. The summed E-state index contributed by atoms with van der Waals surface area (Å²) < 4.78 is 5.34. The van der Waals surface area contributed by atoms with E-state index in [1.807, 2.05) is 0 Å². The third kappa shape index (κ3) is 2.68. The third-order valence-electron chi connectivity index (χ3n) is 3.23. The first-order valence-corrected chi connectivity index (χ1v) is 5.93. The van der Waals surface area contributed by atoms with Gasteiger partial charge < -0.3 is 20.2 Å². The second-order valence-corrected chi connectivity index (χ2v) is 4.39. The number of amides is 1. The number of piperidine rings is 1. The molecule has 1 aromatic rings. The first-order chi connectivity index (χ1) is 8.24. The van der Waals surface area contributed by atoms with Crippen LogP contribution in [0.15, 0.2) is 16.5 Å². The van der Waals surface area contributed by atoms with Gasteiger partial charge in [-0.15, -0.1) is 0 Å². The van der Waals surface area contributed by atoms with Gasteiger partial charge in [-0.3, -0.25) is 4.79 Å². The van der Waals surface area contributed by atoms with Crippen molar-refractivity contribution in [2.24, 2.45) is 11.7 Å². The highest BCUT2D eigenvalue weighted by Crippen LogP contribution is 2.19. The molecule has 1 amide bonds. The highest BCUT2D eigenvalue weighted by molar-refractivity contribution is 5.91. The summed E-state index contributed by atoms with van der Waals surface area (Å²) in [5.74, 6) is 1.22. The molecule has 0 aliphatic carbocycles. The fourth-order valence-corrected chi connectivity index (χ4v) is 2.08. The van der Waals surface area contributed by atoms with Gasteiger partial charge >= 0.3 is 0 Å². The molecule has 1 aliphatic rings. The number of nitrogens with zero attached hydrogens (tertiary/aromatic N) is 1. The molecule has 17 heavy (non-hydrogen) atoms. The Hall–Kier alpha value is -1.33. The maximum atomic E-state index is 12.1. The van der Waals surface area contributed by atoms with Crippen LogP contribution in [0.25, 0.3) is 0 Å². The van der Waals surface area contributed by atoms with Gasteiger partial charge in [-0.25, -0.2) is 0 Å². The third-order valence-corrected chi connectivity index (χ3v) is 3.23. The predicted octanol–water partition coefficient (Wildman–Crippen LogP) is 0.583. The van der Waals surface area contributed by atoms with Gasteiger partial charge in [0.05, 0.1) is 6.54 Å². The summed E-state index contributed by atoms with van der Waals surface area (Å²) in [7, 11) is 0. The fourth-order valence-electron chi connectivity index (χ4n) is 2.08. The summed E-state index contributed by atoms with van der Waals surface area (Å²) in [5, 5.41) is 9.03. The van der Waals surface area contributed by atoms with Crippen molar-refractivity contribution in [2.45, 2.75) is 19.4 Å². The smallest absolute Gasteiger partial charge is 0.289 e. The van der Waals surface area contributed by atoms with E-state index in [0.717, 1.165) is 12.8 Å². The quantitative estimate of drug-likeness (QED) is 0.807. The van der Waals surface area contributed by atoms with Crippen LogP contribution in [0.3, 0.4) is 0 Å². The summed E-state index contributed by atoms with van der Waals surface area (Å²) in [5.41, 5.74) is 5.43. The summed E-state index contributed by atoms with van der Waals surface area (Å²) in [4.78, 5) is 13.8. The molecule has 0 bridgehead atoms. The molecule has 1 fully saturated rings. The molecule has 2 heterocycles. The Morgan fingerprint density at radius 1 is 1.47 bits per heavy atom. The van der Waals surface area contributed by atoms with Gasteiger partial charge in [0.15, 0.2) is 5.76 Å². The molecule has 0 spiro atoms. The van der Waals surface area contributed by atoms with E-state index in [9.17, 15) is 4.79 Å². The van der Waals surface area contributed by atoms with Gasteiger partial charge in [0, 0.05) is 19.7 Å². The second-order valence-electron chi connectivity index (χ2n) is 4.39. The normalized spacial score (nSPS) is 17.4. The van der Waals surface area contributed by atoms with Gasteiger partial charge in [-0.05, 0) is 30.9 Å². The molecule has 0 aromatic carbocycles.